The predicted molar refractivity (Wildman–Crippen MR) is 101 cm³/mol. The molecule has 0 saturated carbocycles. The molecule has 2 aliphatic rings. The van der Waals surface area contributed by atoms with Gasteiger partial charge in [-0.15, -0.1) is 0 Å². The Morgan fingerprint density at radius 3 is 2.56 bits per heavy atom. The van der Waals surface area contributed by atoms with Crippen molar-refractivity contribution >= 4 is 17.7 Å². The minimum Gasteiger partial charge on any atom is -0.497 e. The fourth-order valence-corrected chi connectivity index (χ4v) is 4.02. The van der Waals surface area contributed by atoms with Crippen LogP contribution in [0.25, 0.3) is 0 Å². The third-order valence-corrected chi connectivity index (χ3v) is 5.38. The smallest absolute Gasteiger partial charge is 0.410 e. The van der Waals surface area contributed by atoms with Gasteiger partial charge in [0.25, 0.3) is 5.91 Å². The number of carbonyl (C=O) groups is 2. The molecule has 1 atom stereocenters. The number of hydrogen-bond acceptors (Lipinski definition) is 4. The number of benzene rings is 2. The third-order valence-electron chi connectivity index (χ3n) is 5.38. The van der Waals surface area contributed by atoms with Gasteiger partial charge in [0, 0.05) is 18.8 Å². The molecule has 2 amide bonds. The maximum atomic E-state index is 13.6. The van der Waals surface area contributed by atoms with E-state index >= 15 is 0 Å². The summed E-state index contributed by atoms with van der Waals surface area (Å²) in [6.07, 6.45) is 1.00. The molecular weight excluding hydrogens is 344 g/mol. The minimum atomic E-state index is -0.720. The highest BCUT2D eigenvalue weighted by Gasteiger charge is 2.40. The van der Waals surface area contributed by atoms with Crippen molar-refractivity contribution in [2.24, 2.45) is 0 Å². The molecule has 2 heterocycles. The van der Waals surface area contributed by atoms with Crippen LogP contribution in [0.5, 0.6) is 5.75 Å². The summed E-state index contributed by atoms with van der Waals surface area (Å²) in [5.74, 6) is 0.555. The van der Waals surface area contributed by atoms with Crippen LogP contribution in [0.15, 0.2) is 42.5 Å². The lowest BCUT2D eigenvalue weighted by atomic mass is 9.91. The molecular formula is C21H22N2O4. The van der Waals surface area contributed by atoms with Crippen LogP contribution >= 0.6 is 0 Å². The van der Waals surface area contributed by atoms with Crippen molar-refractivity contribution in [1.29, 1.82) is 0 Å². The third kappa shape index (κ3) is 2.91. The number of methoxy groups -OCH3 is 2. The van der Waals surface area contributed by atoms with Gasteiger partial charge in [-0.3, -0.25) is 9.69 Å². The van der Waals surface area contributed by atoms with Gasteiger partial charge < -0.3 is 14.4 Å². The maximum absolute atomic E-state index is 13.6. The van der Waals surface area contributed by atoms with E-state index in [9.17, 15) is 9.59 Å². The molecule has 27 heavy (non-hydrogen) atoms. The lowest BCUT2D eigenvalue weighted by molar-refractivity contribution is -0.123. The van der Waals surface area contributed by atoms with Crippen LogP contribution < -0.4 is 9.64 Å². The molecule has 0 aliphatic carbocycles. The number of para-hydroxylation sites is 1. The Bertz CT molecular complexity index is 896. The second kappa shape index (κ2) is 6.95. The largest absolute Gasteiger partial charge is 0.497 e. The molecule has 140 valence electrons. The number of nitrogens with zero attached hydrogens (tertiary/aromatic N) is 2. The van der Waals surface area contributed by atoms with Crippen molar-refractivity contribution in [3.05, 3.63) is 59.2 Å². The van der Waals surface area contributed by atoms with Gasteiger partial charge in [-0.2, -0.15) is 0 Å². The number of hydrogen-bond donors (Lipinski definition) is 0. The zero-order chi connectivity index (χ0) is 19.0. The minimum absolute atomic E-state index is 0.112. The lowest BCUT2D eigenvalue weighted by Crippen LogP contribution is -2.48. The zero-order valence-electron chi connectivity index (χ0n) is 15.5. The van der Waals surface area contributed by atoms with E-state index in [1.807, 2.05) is 42.5 Å². The normalized spacial score (nSPS) is 17.9. The van der Waals surface area contributed by atoms with Gasteiger partial charge in [-0.05, 0) is 47.7 Å². The molecule has 0 fully saturated rings. The van der Waals surface area contributed by atoms with Crippen molar-refractivity contribution in [2.75, 3.05) is 32.2 Å². The van der Waals surface area contributed by atoms with E-state index in [0.29, 0.717) is 25.3 Å². The summed E-state index contributed by atoms with van der Waals surface area (Å²) < 4.78 is 10.3. The molecule has 0 spiro atoms. The average molecular weight is 366 g/mol. The SMILES string of the molecule is COC(=O)N1CCc2ccc(OC)cc2C1C(=O)N1CCc2ccccc21. The highest BCUT2D eigenvalue weighted by molar-refractivity contribution is 6.01. The molecule has 0 radical (unpaired) electrons. The summed E-state index contributed by atoms with van der Waals surface area (Å²) in [6, 6.07) is 12.9. The van der Waals surface area contributed by atoms with Gasteiger partial charge in [-0.1, -0.05) is 24.3 Å². The molecule has 2 aliphatic heterocycles. The van der Waals surface area contributed by atoms with Crippen molar-refractivity contribution in [3.63, 3.8) is 0 Å². The number of fused-ring (bicyclic) bond motifs is 2. The second-order valence-electron chi connectivity index (χ2n) is 6.75. The Morgan fingerprint density at radius 2 is 1.78 bits per heavy atom. The first-order chi connectivity index (χ1) is 13.1. The van der Waals surface area contributed by atoms with Gasteiger partial charge in [0.15, 0.2) is 0 Å². The summed E-state index contributed by atoms with van der Waals surface area (Å²) >= 11 is 0. The van der Waals surface area contributed by atoms with E-state index in [0.717, 1.165) is 28.8 Å². The maximum Gasteiger partial charge on any atom is 0.410 e. The Balaban J connectivity index is 1.78. The van der Waals surface area contributed by atoms with Crippen molar-refractivity contribution in [1.82, 2.24) is 4.90 Å². The number of carbonyl (C=O) groups excluding carboxylic acids is 2. The first-order valence-electron chi connectivity index (χ1n) is 9.04. The van der Waals surface area contributed by atoms with Crippen LogP contribution in [0.2, 0.25) is 0 Å². The van der Waals surface area contributed by atoms with Crippen LogP contribution in [0.1, 0.15) is 22.7 Å². The Kier molecular flexibility index (Phi) is 4.48. The zero-order valence-corrected chi connectivity index (χ0v) is 15.5. The summed E-state index contributed by atoms with van der Waals surface area (Å²) in [7, 11) is 2.94. The molecule has 0 saturated heterocycles. The van der Waals surface area contributed by atoms with E-state index in [1.54, 1.807) is 12.0 Å². The number of anilines is 1. The number of amides is 2. The van der Waals surface area contributed by atoms with Crippen LogP contribution in [-0.2, 0) is 22.4 Å². The first-order valence-corrected chi connectivity index (χ1v) is 9.04. The van der Waals surface area contributed by atoms with Crippen molar-refractivity contribution < 1.29 is 19.1 Å². The van der Waals surface area contributed by atoms with Crippen LogP contribution in [0, 0.1) is 0 Å². The van der Waals surface area contributed by atoms with Gasteiger partial charge in [-0.25, -0.2) is 4.79 Å². The van der Waals surface area contributed by atoms with Crippen LogP contribution in [0.4, 0.5) is 10.5 Å². The van der Waals surface area contributed by atoms with E-state index in [2.05, 4.69) is 0 Å². The summed E-state index contributed by atoms with van der Waals surface area (Å²) in [4.78, 5) is 29.3. The topological polar surface area (TPSA) is 59.1 Å². The molecule has 0 bridgehead atoms. The quantitative estimate of drug-likeness (QED) is 0.820. The van der Waals surface area contributed by atoms with Gasteiger partial charge >= 0.3 is 6.09 Å². The summed E-state index contributed by atoms with van der Waals surface area (Å²) in [5.41, 5.74) is 3.93. The van der Waals surface area contributed by atoms with Crippen LogP contribution in [0.3, 0.4) is 0 Å². The predicted octanol–water partition coefficient (Wildman–Crippen LogP) is 2.95. The molecule has 1 unspecified atom stereocenters. The molecule has 0 aromatic heterocycles. The molecule has 0 N–H and O–H groups in total. The summed E-state index contributed by atoms with van der Waals surface area (Å²) in [6.45, 7) is 1.06. The Labute approximate surface area is 158 Å². The van der Waals surface area contributed by atoms with Gasteiger partial charge in [0.2, 0.25) is 0 Å². The Hall–Kier alpha value is -3.02. The number of rotatable bonds is 2. The standard InChI is InChI=1S/C21H22N2O4/c1-26-16-8-7-14-9-12-23(21(25)27-2)19(17(14)13-16)20(24)22-11-10-15-5-3-4-6-18(15)22/h3-8,13,19H,9-12H2,1-2H3. The summed E-state index contributed by atoms with van der Waals surface area (Å²) in [5, 5.41) is 0. The van der Waals surface area contributed by atoms with Crippen molar-refractivity contribution in [2.45, 2.75) is 18.9 Å². The molecule has 2 aromatic carbocycles. The van der Waals surface area contributed by atoms with Gasteiger partial charge in [0.1, 0.15) is 11.8 Å². The van der Waals surface area contributed by atoms with E-state index < -0.39 is 12.1 Å². The van der Waals surface area contributed by atoms with E-state index in [1.165, 1.54) is 12.0 Å². The fraction of sp³-hybridized carbons (Fsp3) is 0.333. The van der Waals surface area contributed by atoms with Gasteiger partial charge in [0.05, 0.1) is 14.2 Å². The molecule has 6 heteroatoms. The highest BCUT2D eigenvalue weighted by atomic mass is 16.5. The van der Waals surface area contributed by atoms with Crippen molar-refractivity contribution in [3.8, 4) is 5.75 Å². The Morgan fingerprint density at radius 1 is 1.00 bits per heavy atom. The monoisotopic (exact) mass is 366 g/mol. The average Bonchev–Trinajstić information content (AvgIpc) is 3.15. The first kappa shape index (κ1) is 17.4. The molecule has 4 rings (SSSR count). The second-order valence-corrected chi connectivity index (χ2v) is 6.75. The van der Waals surface area contributed by atoms with E-state index in [4.69, 9.17) is 9.47 Å². The fourth-order valence-electron chi connectivity index (χ4n) is 4.02. The van der Waals surface area contributed by atoms with E-state index in [-0.39, 0.29) is 5.91 Å². The number of ether oxygens (including phenoxy) is 2. The highest BCUT2D eigenvalue weighted by Crippen LogP contribution is 2.37. The molecule has 2 aromatic rings. The van der Waals surface area contributed by atoms with Crippen LogP contribution in [-0.4, -0.2) is 44.2 Å². The lowest BCUT2D eigenvalue weighted by Gasteiger charge is -2.37. The molecule has 6 nitrogen and oxygen atoms in total.